The third-order valence-electron chi connectivity index (χ3n) is 5.71. The van der Waals surface area contributed by atoms with E-state index in [-0.39, 0.29) is 6.04 Å². The van der Waals surface area contributed by atoms with Crippen molar-refractivity contribution in [3.8, 4) is 0 Å². The highest BCUT2D eigenvalue weighted by molar-refractivity contribution is 5.90. The van der Waals surface area contributed by atoms with Crippen molar-refractivity contribution in [2.75, 3.05) is 18.4 Å². The minimum Gasteiger partial charge on any atom is -0.363 e. The molecule has 0 spiro atoms. The Hall–Kier alpha value is -2.67. The van der Waals surface area contributed by atoms with E-state index in [9.17, 15) is 13.2 Å². The van der Waals surface area contributed by atoms with E-state index in [0.29, 0.717) is 23.1 Å². The molecule has 1 saturated heterocycles. The lowest BCUT2D eigenvalue weighted by Gasteiger charge is -2.24. The fourth-order valence-electron chi connectivity index (χ4n) is 4.05. The van der Waals surface area contributed by atoms with Gasteiger partial charge in [-0.15, -0.1) is 0 Å². The van der Waals surface area contributed by atoms with E-state index in [1.54, 1.807) is 6.07 Å². The number of aryl methyl sites for hydroxylation is 1. The number of alkyl halides is 3. The number of fused-ring (bicyclic) bond motifs is 1. The van der Waals surface area contributed by atoms with Crippen LogP contribution in [0.4, 0.5) is 19.0 Å². The van der Waals surface area contributed by atoms with E-state index in [1.807, 2.05) is 19.9 Å². The molecule has 0 amide bonds. The number of nitrogens with one attached hydrogen (secondary N) is 2. The van der Waals surface area contributed by atoms with E-state index in [2.05, 4.69) is 32.7 Å². The first kappa shape index (κ1) is 20.6. The van der Waals surface area contributed by atoms with Gasteiger partial charge in [-0.2, -0.15) is 13.2 Å². The van der Waals surface area contributed by atoms with E-state index in [1.165, 1.54) is 17.7 Å². The molecule has 0 aliphatic carbocycles. The molecule has 158 valence electrons. The fraction of sp³-hybridized carbons (Fsp3) is 0.391. The van der Waals surface area contributed by atoms with Crippen molar-refractivity contribution in [3.05, 3.63) is 65.0 Å². The van der Waals surface area contributed by atoms with Crippen LogP contribution in [0.5, 0.6) is 0 Å². The van der Waals surface area contributed by atoms with Crippen LogP contribution in [-0.4, -0.2) is 23.1 Å². The Kier molecular flexibility index (Phi) is 5.64. The lowest BCUT2D eigenvalue weighted by molar-refractivity contribution is -0.137. The van der Waals surface area contributed by atoms with Crippen molar-refractivity contribution >= 4 is 16.7 Å². The Morgan fingerprint density at radius 3 is 2.57 bits per heavy atom. The molecule has 2 aromatic carbocycles. The summed E-state index contributed by atoms with van der Waals surface area (Å²) >= 11 is 0. The number of benzene rings is 2. The Morgan fingerprint density at radius 2 is 1.83 bits per heavy atom. The maximum Gasteiger partial charge on any atom is 0.416 e. The monoisotopic (exact) mass is 414 g/mol. The zero-order valence-corrected chi connectivity index (χ0v) is 17.1. The van der Waals surface area contributed by atoms with Crippen LogP contribution in [0.25, 0.3) is 10.9 Å². The van der Waals surface area contributed by atoms with Gasteiger partial charge in [0.25, 0.3) is 0 Å². The molecule has 4 nitrogen and oxygen atoms in total. The molecule has 1 fully saturated rings. The van der Waals surface area contributed by atoms with E-state index >= 15 is 0 Å². The summed E-state index contributed by atoms with van der Waals surface area (Å²) in [5.41, 5.74) is 2.00. The minimum atomic E-state index is -4.36. The van der Waals surface area contributed by atoms with Crippen LogP contribution in [0.1, 0.15) is 54.2 Å². The lowest BCUT2D eigenvalue weighted by atomic mass is 9.89. The van der Waals surface area contributed by atoms with Gasteiger partial charge in [-0.05, 0) is 81.1 Å². The summed E-state index contributed by atoms with van der Waals surface area (Å²) in [5.74, 6) is 1.76. The highest BCUT2D eigenvalue weighted by Crippen LogP contribution is 2.33. The summed E-state index contributed by atoms with van der Waals surface area (Å²) in [5, 5.41) is 7.60. The zero-order chi connectivity index (χ0) is 21.3. The summed E-state index contributed by atoms with van der Waals surface area (Å²) in [6, 6.07) is 11.4. The normalized spacial score (nSPS) is 16.6. The molecule has 4 rings (SSSR count). The van der Waals surface area contributed by atoms with Gasteiger partial charge in [-0.25, -0.2) is 9.97 Å². The first-order valence-electron chi connectivity index (χ1n) is 10.2. The summed E-state index contributed by atoms with van der Waals surface area (Å²) in [7, 11) is 0. The molecule has 30 heavy (non-hydrogen) atoms. The van der Waals surface area contributed by atoms with Crippen LogP contribution in [0, 0.1) is 6.92 Å². The number of hydrogen-bond donors (Lipinski definition) is 2. The second-order valence-electron chi connectivity index (χ2n) is 7.91. The quantitative estimate of drug-likeness (QED) is 0.584. The van der Waals surface area contributed by atoms with Gasteiger partial charge in [0.2, 0.25) is 0 Å². The highest BCUT2D eigenvalue weighted by Gasteiger charge is 2.30. The second-order valence-corrected chi connectivity index (χ2v) is 7.91. The van der Waals surface area contributed by atoms with E-state index < -0.39 is 11.7 Å². The van der Waals surface area contributed by atoms with Gasteiger partial charge >= 0.3 is 6.18 Å². The Bertz CT molecular complexity index is 1040. The van der Waals surface area contributed by atoms with Gasteiger partial charge in [0, 0.05) is 11.4 Å². The van der Waals surface area contributed by atoms with E-state index in [4.69, 9.17) is 0 Å². The van der Waals surface area contributed by atoms with Crippen LogP contribution in [-0.2, 0) is 6.18 Å². The predicted molar refractivity (Wildman–Crippen MR) is 113 cm³/mol. The van der Waals surface area contributed by atoms with Gasteiger partial charge < -0.3 is 10.6 Å². The lowest BCUT2D eigenvalue weighted by Crippen LogP contribution is -2.26. The largest absolute Gasteiger partial charge is 0.416 e. The molecular weight excluding hydrogens is 389 g/mol. The maximum absolute atomic E-state index is 13.1. The molecule has 1 atom stereocenters. The van der Waals surface area contributed by atoms with Crippen molar-refractivity contribution < 1.29 is 13.2 Å². The summed E-state index contributed by atoms with van der Waals surface area (Å²) in [4.78, 5) is 9.10. The van der Waals surface area contributed by atoms with Crippen LogP contribution < -0.4 is 10.6 Å². The average Bonchev–Trinajstić information content (AvgIpc) is 2.73. The summed E-state index contributed by atoms with van der Waals surface area (Å²) in [6.07, 6.45) is -2.19. The second kappa shape index (κ2) is 8.22. The van der Waals surface area contributed by atoms with Crippen LogP contribution in [0.2, 0.25) is 0 Å². The van der Waals surface area contributed by atoms with E-state index in [0.717, 1.165) is 42.9 Å². The third kappa shape index (κ3) is 4.41. The Labute approximate surface area is 173 Å². The van der Waals surface area contributed by atoms with Crippen molar-refractivity contribution in [1.29, 1.82) is 0 Å². The fourth-order valence-corrected chi connectivity index (χ4v) is 4.05. The molecule has 1 aliphatic rings. The van der Waals surface area contributed by atoms with Gasteiger partial charge in [0.05, 0.1) is 11.1 Å². The zero-order valence-electron chi connectivity index (χ0n) is 17.1. The maximum atomic E-state index is 13.1. The van der Waals surface area contributed by atoms with Gasteiger partial charge in [-0.1, -0.05) is 18.2 Å². The van der Waals surface area contributed by atoms with Crippen LogP contribution in [0.3, 0.4) is 0 Å². The van der Waals surface area contributed by atoms with Gasteiger partial charge in [-0.3, -0.25) is 0 Å². The SMILES string of the molecule is Cc1nc(N[C@H](C)c2cccc(C(F)(F)F)c2)c2cc(C3CCNCC3)ccc2n1. The van der Waals surface area contributed by atoms with Gasteiger partial charge in [0.1, 0.15) is 11.6 Å². The summed E-state index contributed by atoms with van der Waals surface area (Å²) in [6.45, 7) is 5.67. The predicted octanol–water partition coefficient (Wildman–Crippen LogP) is 5.60. The molecular formula is C23H25F3N4. The molecule has 3 aromatic rings. The van der Waals surface area contributed by atoms with Crippen LogP contribution in [0.15, 0.2) is 42.5 Å². The topological polar surface area (TPSA) is 49.8 Å². The Balaban J connectivity index is 1.67. The molecule has 0 saturated carbocycles. The number of halogens is 3. The molecule has 2 N–H and O–H groups in total. The number of hydrogen-bond acceptors (Lipinski definition) is 4. The third-order valence-corrected chi connectivity index (χ3v) is 5.71. The van der Waals surface area contributed by atoms with Crippen molar-refractivity contribution in [2.24, 2.45) is 0 Å². The molecule has 0 bridgehead atoms. The molecule has 0 unspecified atom stereocenters. The average molecular weight is 414 g/mol. The van der Waals surface area contributed by atoms with Crippen molar-refractivity contribution in [2.45, 2.75) is 44.8 Å². The number of aromatic nitrogens is 2. The molecule has 7 heteroatoms. The molecule has 1 aromatic heterocycles. The van der Waals surface area contributed by atoms with Crippen LogP contribution >= 0.6 is 0 Å². The smallest absolute Gasteiger partial charge is 0.363 e. The first-order chi connectivity index (χ1) is 14.3. The number of rotatable bonds is 4. The molecule has 0 radical (unpaired) electrons. The molecule has 1 aliphatic heterocycles. The number of piperidine rings is 1. The minimum absolute atomic E-state index is 0.340. The number of anilines is 1. The first-order valence-corrected chi connectivity index (χ1v) is 10.2. The van der Waals surface area contributed by atoms with Crippen molar-refractivity contribution in [3.63, 3.8) is 0 Å². The standard InChI is InChI=1S/C23H25F3N4/c1-14(17-4-3-5-19(12-17)23(24,25)26)28-22-20-13-18(16-8-10-27-11-9-16)6-7-21(20)29-15(2)30-22/h3-7,12-14,16,27H,8-11H2,1-2H3,(H,28,29,30)/t14-/m1/s1. The summed E-state index contributed by atoms with van der Waals surface area (Å²) < 4.78 is 39.3. The molecule has 2 heterocycles. The van der Waals surface area contributed by atoms with Crippen molar-refractivity contribution in [1.82, 2.24) is 15.3 Å². The van der Waals surface area contributed by atoms with Gasteiger partial charge in [0.15, 0.2) is 0 Å². The highest BCUT2D eigenvalue weighted by atomic mass is 19.4. The Morgan fingerprint density at radius 1 is 1.07 bits per heavy atom. The number of nitrogens with zero attached hydrogens (tertiary/aromatic N) is 2.